The highest BCUT2D eigenvalue weighted by Gasteiger charge is 2.28. The lowest BCUT2D eigenvalue weighted by Crippen LogP contribution is -2.47. The fourth-order valence-electron chi connectivity index (χ4n) is 2.54. The topological polar surface area (TPSA) is 95.9 Å². The summed E-state index contributed by atoms with van der Waals surface area (Å²) >= 11 is 0. The van der Waals surface area contributed by atoms with E-state index in [1.807, 2.05) is 18.2 Å². The summed E-state index contributed by atoms with van der Waals surface area (Å²) in [5, 5.41) is 11.3. The number of hydrogen-bond acceptors (Lipinski definition) is 4. The monoisotopic (exact) mass is 334 g/mol. The predicted molar refractivity (Wildman–Crippen MR) is 86.5 cm³/mol. The molecule has 1 aliphatic rings. The standard InChI is InChI=1S/C17H22N2O5/c1-12(17(22)23)18-16(21)13-7-9-19(10-8-13)15(20)11-24-14-5-3-2-4-6-14/h2-6,12-13H,7-11H2,1H3,(H,18,21)(H,22,23)/t12-/m1/s1. The van der Waals surface area contributed by atoms with E-state index in [0.29, 0.717) is 31.7 Å². The van der Waals surface area contributed by atoms with Crippen molar-refractivity contribution in [3.05, 3.63) is 30.3 Å². The number of piperidine rings is 1. The molecule has 1 atom stereocenters. The molecule has 1 fully saturated rings. The second-order valence-corrected chi connectivity index (χ2v) is 5.83. The van der Waals surface area contributed by atoms with Gasteiger partial charge in [0.05, 0.1) is 0 Å². The molecule has 0 unspecified atom stereocenters. The van der Waals surface area contributed by atoms with Crippen molar-refractivity contribution in [1.82, 2.24) is 10.2 Å². The summed E-state index contributed by atoms with van der Waals surface area (Å²) in [4.78, 5) is 36.6. The molecule has 1 heterocycles. The zero-order valence-electron chi connectivity index (χ0n) is 13.6. The van der Waals surface area contributed by atoms with Gasteiger partial charge in [0.1, 0.15) is 11.8 Å². The van der Waals surface area contributed by atoms with Gasteiger partial charge in [0.15, 0.2) is 6.61 Å². The molecule has 0 saturated carbocycles. The molecule has 2 rings (SSSR count). The number of likely N-dealkylation sites (tertiary alicyclic amines) is 1. The van der Waals surface area contributed by atoms with E-state index < -0.39 is 12.0 Å². The minimum absolute atomic E-state index is 0.0308. The zero-order chi connectivity index (χ0) is 17.5. The van der Waals surface area contributed by atoms with E-state index in [-0.39, 0.29) is 24.3 Å². The van der Waals surface area contributed by atoms with Crippen LogP contribution in [0.25, 0.3) is 0 Å². The summed E-state index contributed by atoms with van der Waals surface area (Å²) in [5.74, 6) is -1.06. The Balaban J connectivity index is 1.74. The number of aliphatic carboxylic acids is 1. The van der Waals surface area contributed by atoms with Gasteiger partial charge in [0.2, 0.25) is 5.91 Å². The molecule has 1 aromatic carbocycles. The van der Waals surface area contributed by atoms with Crippen LogP contribution >= 0.6 is 0 Å². The number of nitrogens with zero attached hydrogens (tertiary/aromatic N) is 1. The molecular formula is C17H22N2O5. The average molecular weight is 334 g/mol. The van der Waals surface area contributed by atoms with Crippen LogP contribution in [0.3, 0.4) is 0 Å². The van der Waals surface area contributed by atoms with Gasteiger partial charge in [-0.2, -0.15) is 0 Å². The Morgan fingerprint density at radius 1 is 1.25 bits per heavy atom. The first-order valence-electron chi connectivity index (χ1n) is 7.96. The maximum absolute atomic E-state index is 12.1. The molecule has 2 amide bonds. The molecule has 24 heavy (non-hydrogen) atoms. The van der Waals surface area contributed by atoms with Crippen LogP contribution in [0.15, 0.2) is 30.3 Å². The Labute approximate surface area is 140 Å². The quantitative estimate of drug-likeness (QED) is 0.805. The number of para-hydroxylation sites is 1. The van der Waals surface area contributed by atoms with Crippen LogP contribution in [0.4, 0.5) is 0 Å². The van der Waals surface area contributed by atoms with Gasteiger partial charge in [-0.05, 0) is 31.9 Å². The Morgan fingerprint density at radius 2 is 1.88 bits per heavy atom. The number of nitrogens with one attached hydrogen (secondary N) is 1. The van der Waals surface area contributed by atoms with Crippen molar-refractivity contribution in [3.8, 4) is 5.75 Å². The number of ether oxygens (including phenoxy) is 1. The third-order valence-electron chi connectivity index (χ3n) is 4.05. The normalized spacial score (nSPS) is 16.3. The molecule has 7 heteroatoms. The highest BCUT2D eigenvalue weighted by Crippen LogP contribution is 2.18. The van der Waals surface area contributed by atoms with E-state index in [1.54, 1.807) is 17.0 Å². The van der Waals surface area contributed by atoms with Gasteiger partial charge in [-0.3, -0.25) is 14.4 Å². The molecular weight excluding hydrogens is 312 g/mol. The van der Waals surface area contributed by atoms with Gasteiger partial charge in [-0.1, -0.05) is 18.2 Å². The summed E-state index contributed by atoms with van der Waals surface area (Å²) < 4.78 is 5.44. The van der Waals surface area contributed by atoms with E-state index >= 15 is 0 Å². The second-order valence-electron chi connectivity index (χ2n) is 5.83. The number of benzene rings is 1. The number of carboxylic acids is 1. The molecule has 0 spiro atoms. The van der Waals surface area contributed by atoms with E-state index in [0.717, 1.165) is 0 Å². The van der Waals surface area contributed by atoms with E-state index in [4.69, 9.17) is 9.84 Å². The van der Waals surface area contributed by atoms with Gasteiger partial charge < -0.3 is 20.1 Å². The third kappa shape index (κ3) is 4.97. The molecule has 2 N–H and O–H groups in total. The summed E-state index contributed by atoms with van der Waals surface area (Å²) in [7, 11) is 0. The summed E-state index contributed by atoms with van der Waals surface area (Å²) in [6.45, 7) is 2.34. The molecule has 0 bridgehead atoms. The van der Waals surface area contributed by atoms with Crippen LogP contribution in [0, 0.1) is 5.92 Å². The first-order valence-corrected chi connectivity index (χ1v) is 7.96. The van der Waals surface area contributed by atoms with Crippen molar-refractivity contribution in [1.29, 1.82) is 0 Å². The van der Waals surface area contributed by atoms with Crippen LogP contribution in [0.1, 0.15) is 19.8 Å². The van der Waals surface area contributed by atoms with Crippen LogP contribution < -0.4 is 10.1 Å². The minimum atomic E-state index is -1.06. The van der Waals surface area contributed by atoms with Crippen LogP contribution in [-0.2, 0) is 14.4 Å². The van der Waals surface area contributed by atoms with E-state index in [9.17, 15) is 14.4 Å². The Morgan fingerprint density at radius 3 is 2.46 bits per heavy atom. The number of carboxylic acid groups (broad SMARTS) is 1. The fourth-order valence-corrected chi connectivity index (χ4v) is 2.54. The largest absolute Gasteiger partial charge is 0.484 e. The van der Waals surface area contributed by atoms with Crippen LogP contribution in [-0.4, -0.2) is 53.5 Å². The van der Waals surface area contributed by atoms with Crippen molar-refractivity contribution < 1.29 is 24.2 Å². The fraction of sp³-hybridized carbons (Fsp3) is 0.471. The first-order chi connectivity index (χ1) is 11.5. The number of carbonyl (C=O) groups excluding carboxylic acids is 2. The van der Waals surface area contributed by atoms with Gasteiger partial charge in [-0.25, -0.2) is 0 Å². The molecule has 130 valence electrons. The lowest BCUT2D eigenvalue weighted by atomic mass is 9.95. The van der Waals surface area contributed by atoms with Gasteiger partial charge in [-0.15, -0.1) is 0 Å². The van der Waals surface area contributed by atoms with Gasteiger partial charge in [0, 0.05) is 19.0 Å². The number of carbonyl (C=O) groups is 3. The van der Waals surface area contributed by atoms with E-state index in [1.165, 1.54) is 6.92 Å². The SMILES string of the molecule is C[C@@H](NC(=O)C1CCN(C(=O)COc2ccccc2)CC1)C(=O)O. The minimum Gasteiger partial charge on any atom is -0.484 e. The summed E-state index contributed by atoms with van der Waals surface area (Å²) in [6.07, 6.45) is 1.05. The molecule has 7 nitrogen and oxygen atoms in total. The van der Waals surface area contributed by atoms with Crippen molar-refractivity contribution in [3.63, 3.8) is 0 Å². The highest BCUT2D eigenvalue weighted by atomic mass is 16.5. The molecule has 0 aromatic heterocycles. The highest BCUT2D eigenvalue weighted by molar-refractivity contribution is 5.85. The third-order valence-corrected chi connectivity index (χ3v) is 4.05. The smallest absolute Gasteiger partial charge is 0.325 e. The zero-order valence-corrected chi connectivity index (χ0v) is 13.6. The second kappa shape index (κ2) is 8.33. The molecule has 1 aromatic rings. The lowest BCUT2D eigenvalue weighted by molar-refractivity contribution is -0.142. The lowest BCUT2D eigenvalue weighted by Gasteiger charge is -2.31. The maximum Gasteiger partial charge on any atom is 0.325 e. The number of amides is 2. The van der Waals surface area contributed by atoms with E-state index in [2.05, 4.69) is 5.32 Å². The van der Waals surface area contributed by atoms with Crippen LogP contribution in [0.2, 0.25) is 0 Å². The van der Waals surface area contributed by atoms with Crippen molar-refractivity contribution in [2.45, 2.75) is 25.8 Å². The molecule has 1 aliphatic heterocycles. The Bertz CT molecular complexity index is 582. The Hall–Kier alpha value is -2.57. The average Bonchev–Trinajstić information content (AvgIpc) is 2.60. The number of hydrogen-bond donors (Lipinski definition) is 2. The summed E-state index contributed by atoms with van der Waals surface area (Å²) in [6, 6.07) is 8.21. The Kier molecular flexibility index (Phi) is 6.17. The van der Waals surface area contributed by atoms with Crippen molar-refractivity contribution in [2.75, 3.05) is 19.7 Å². The number of rotatable bonds is 6. The van der Waals surface area contributed by atoms with Crippen molar-refractivity contribution in [2.24, 2.45) is 5.92 Å². The van der Waals surface area contributed by atoms with Crippen molar-refractivity contribution >= 4 is 17.8 Å². The maximum atomic E-state index is 12.1. The first kappa shape index (κ1) is 17.8. The summed E-state index contributed by atoms with van der Waals surface area (Å²) in [5.41, 5.74) is 0. The van der Waals surface area contributed by atoms with Gasteiger partial charge >= 0.3 is 5.97 Å². The van der Waals surface area contributed by atoms with Crippen LogP contribution in [0.5, 0.6) is 5.75 Å². The molecule has 1 saturated heterocycles. The predicted octanol–water partition coefficient (Wildman–Crippen LogP) is 0.893. The van der Waals surface area contributed by atoms with Gasteiger partial charge in [0.25, 0.3) is 5.91 Å². The molecule has 0 aliphatic carbocycles. The molecule has 0 radical (unpaired) electrons.